The molecule has 3 N–H and O–H groups in total. The molecule has 0 saturated carbocycles. The molecule has 0 radical (unpaired) electrons. The van der Waals surface area contributed by atoms with Crippen molar-refractivity contribution in [2.24, 2.45) is 0 Å². The van der Waals surface area contributed by atoms with E-state index < -0.39 is 18.0 Å². The van der Waals surface area contributed by atoms with Crippen LogP contribution in [0, 0.1) is 0 Å². The van der Waals surface area contributed by atoms with Crippen LogP contribution in [0.1, 0.15) is 25.1 Å². The number of thiophene rings is 1. The SMILES string of the molecule is CSCC[C@H](NC(=O)NCC(C)(C)c1cccs1)C(=O)O. The van der Waals surface area contributed by atoms with E-state index in [0.717, 1.165) is 0 Å². The van der Waals surface area contributed by atoms with Gasteiger partial charge in [-0.3, -0.25) is 0 Å². The maximum atomic E-state index is 11.8. The van der Waals surface area contributed by atoms with Gasteiger partial charge in [-0.2, -0.15) is 11.8 Å². The van der Waals surface area contributed by atoms with Crippen LogP contribution in [0.25, 0.3) is 0 Å². The Hall–Kier alpha value is -1.21. The number of hydrogen-bond donors (Lipinski definition) is 3. The quantitative estimate of drug-likeness (QED) is 0.684. The normalized spacial score (nSPS) is 12.7. The molecular formula is C14H22N2O3S2. The van der Waals surface area contributed by atoms with Crippen molar-refractivity contribution in [2.45, 2.75) is 31.7 Å². The summed E-state index contributed by atoms with van der Waals surface area (Å²) in [4.78, 5) is 24.1. The largest absolute Gasteiger partial charge is 0.480 e. The molecule has 0 aliphatic carbocycles. The Kier molecular flexibility index (Phi) is 7.04. The van der Waals surface area contributed by atoms with Crippen molar-refractivity contribution in [3.63, 3.8) is 0 Å². The first kappa shape index (κ1) is 17.8. The van der Waals surface area contributed by atoms with Gasteiger partial charge in [-0.1, -0.05) is 19.9 Å². The monoisotopic (exact) mass is 330 g/mol. The first-order chi connectivity index (χ1) is 9.86. The zero-order valence-corrected chi connectivity index (χ0v) is 14.1. The Morgan fingerprint density at radius 3 is 2.71 bits per heavy atom. The van der Waals surface area contributed by atoms with Crippen molar-refractivity contribution in [3.05, 3.63) is 22.4 Å². The maximum absolute atomic E-state index is 11.8. The summed E-state index contributed by atoms with van der Waals surface area (Å²) >= 11 is 3.20. The Morgan fingerprint density at radius 1 is 1.48 bits per heavy atom. The van der Waals surface area contributed by atoms with Crippen LogP contribution < -0.4 is 10.6 Å². The number of carbonyl (C=O) groups is 2. The molecule has 0 unspecified atom stereocenters. The molecule has 118 valence electrons. The van der Waals surface area contributed by atoms with Crippen molar-refractivity contribution in [2.75, 3.05) is 18.6 Å². The second-order valence-corrected chi connectivity index (χ2v) is 7.29. The molecule has 0 fully saturated rings. The van der Waals surface area contributed by atoms with Crippen molar-refractivity contribution >= 4 is 35.1 Å². The van der Waals surface area contributed by atoms with Crippen LogP contribution in [0.2, 0.25) is 0 Å². The van der Waals surface area contributed by atoms with Gasteiger partial charge in [0.15, 0.2) is 0 Å². The molecule has 1 rings (SSSR count). The number of nitrogens with one attached hydrogen (secondary N) is 2. The summed E-state index contributed by atoms with van der Waals surface area (Å²) in [5.41, 5.74) is -0.177. The second-order valence-electron chi connectivity index (χ2n) is 5.36. The number of hydrogen-bond acceptors (Lipinski definition) is 4. The minimum Gasteiger partial charge on any atom is -0.480 e. The molecule has 0 aliphatic heterocycles. The molecule has 0 aromatic carbocycles. The van der Waals surface area contributed by atoms with E-state index in [2.05, 4.69) is 10.6 Å². The van der Waals surface area contributed by atoms with Gasteiger partial charge in [-0.15, -0.1) is 11.3 Å². The second kappa shape index (κ2) is 8.29. The van der Waals surface area contributed by atoms with Crippen LogP contribution in [0.3, 0.4) is 0 Å². The summed E-state index contributed by atoms with van der Waals surface area (Å²) in [5, 5.41) is 16.3. The van der Waals surface area contributed by atoms with Crippen LogP contribution in [0.15, 0.2) is 17.5 Å². The van der Waals surface area contributed by atoms with Crippen LogP contribution in [0.4, 0.5) is 4.79 Å². The van der Waals surface area contributed by atoms with Crippen LogP contribution in [-0.4, -0.2) is 41.7 Å². The Bertz CT molecular complexity index is 461. The fourth-order valence-electron chi connectivity index (χ4n) is 1.75. The van der Waals surface area contributed by atoms with Gasteiger partial charge in [0, 0.05) is 16.8 Å². The van der Waals surface area contributed by atoms with Crippen LogP contribution in [-0.2, 0) is 10.2 Å². The van der Waals surface area contributed by atoms with E-state index in [4.69, 9.17) is 5.11 Å². The third-order valence-electron chi connectivity index (χ3n) is 3.09. The molecule has 1 aromatic rings. The molecule has 0 bridgehead atoms. The molecule has 1 atom stereocenters. The minimum absolute atomic E-state index is 0.177. The fraction of sp³-hybridized carbons (Fsp3) is 0.571. The van der Waals surface area contributed by atoms with E-state index in [9.17, 15) is 9.59 Å². The average Bonchev–Trinajstić information content (AvgIpc) is 2.96. The van der Waals surface area contributed by atoms with E-state index >= 15 is 0 Å². The molecule has 0 spiro atoms. The summed E-state index contributed by atoms with van der Waals surface area (Å²) < 4.78 is 0. The predicted molar refractivity (Wildman–Crippen MR) is 88.3 cm³/mol. The zero-order valence-electron chi connectivity index (χ0n) is 12.5. The highest BCUT2D eigenvalue weighted by molar-refractivity contribution is 7.98. The van der Waals surface area contributed by atoms with Crippen molar-refractivity contribution < 1.29 is 14.7 Å². The molecule has 5 nitrogen and oxygen atoms in total. The molecule has 1 aromatic heterocycles. The predicted octanol–water partition coefficient (Wildman–Crippen LogP) is 2.53. The van der Waals surface area contributed by atoms with Crippen molar-refractivity contribution in [3.8, 4) is 0 Å². The number of carboxylic acid groups (broad SMARTS) is 1. The van der Waals surface area contributed by atoms with E-state index in [1.807, 2.05) is 37.6 Å². The average molecular weight is 330 g/mol. The summed E-state index contributed by atoms with van der Waals surface area (Å²) in [7, 11) is 0. The lowest BCUT2D eigenvalue weighted by atomic mass is 9.91. The van der Waals surface area contributed by atoms with Crippen LogP contribution >= 0.6 is 23.1 Å². The third-order valence-corrected chi connectivity index (χ3v) is 4.97. The van der Waals surface area contributed by atoms with Crippen LogP contribution in [0.5, 0.6) is 0 Å². The number of carbonyl (C=O) groups excluding carboxylic acids is 1. The first-order valence-corrected chi connectivity index (χ1v) is 8.94. The standard InChI is InChI=1S/C14H22N2O3S2/c1-14(2,11-5-4-7-21-11)9-15-13(19)16-10(12(17)18)6-8-20-3/h4-5,7,10H,6,8-9H2,1-3H3,(H,17,18)(H2,15,16,19)/t10-/m0/s1. The molecule has 0 saturated heterocycles. The summed E-state index contributed by atoms with van der Waals surface area (Å²) in [6.07, 6.45) is 2.32. The van der Waals surface area contributed by atoms with E-state index in [0.29, 0.717) is 18.7 Å². The van der Waals surface area contributed by atoms with E-state index in [1.165, 1.54) is 4.88 Å². The van der Waals surface area contributed by atoms with E-state index in [1.54, 1.807) is 23.1 Å². The lowest BCUT2D eigenvalue weighted by Crippen LogP contribution is -2.48. The summed E-state index contributed by atoms with van der Waals surface area (Å²) in [5.74, 6) is -0.311. The molecule has 7 heteroatoms. The van der Waals surface area contributed by atoms with Crippen molar-refractivity contribution in [1.82, 2.24) is 10.6 Å². The lowest BCUT2D eigenvalue weighted by molar-refractivity contribution is -0.139. The van der Waals surface area contributed by atoms with Crippen molar-refractivity contribution in [1.29, 1.82) is 0 Å². The number of amides is 2. The number of urea groups is 1. The minimum atomic E-state index is -1.00. The molecule has 1 heterocycles. The summed E-state index contributed by atoms with van der Waals surface area (Å²) in [6, 6.07) is 2.73. The van der Waals surface area contributed by atoms with Gasteiger partial charge in [0.1, 0.15) is 6.04 Å². The number of carboxylic acids is 1. The molecule has 21 heavy (non-hydrogen) atoms. The first-order valence-electron chi connectivity index (χ1n) is 6.67. The van der Waals surface area contributed by atoms with E-state index in [-0.39, 0.29) is 5.41 Å². The van der Waals surface area contributed by atoms with Gasteiger partial charge in [0.25, 0.3) is 0 Å². The maximum Gasteiger partial charge on any atom is 0.326 e. The van der Waals surface area contributed by atoms with Gasteiger partial charge in [-0.25, -0.2) is 9.59 Å². The van der Waals surface area contributed by atoms with Gasteiger partial charge >= 0.3 is 12.0 Å². The number of thioether (sulfide) groups is 1. The Morgan fingerprint density at radius 2 is 2.19 bits per heavy atom. The van der Waals surface area contributed by atoms with Gasteiger partial charge in [-0.05, 0) is 29.9 Å². The highest BCUT2D eigenvalue weighted by Crippen LogP contribution is 2.26. The molecular weight excluding hydrogens is 308 g/mol. The highest BCUT2D eigenvalue weighted by Gasteiger charge is 2.24. The van der Waals surface area contributed by atoms with Gasteiger partial charge in [0.05, 0.1) is 0 Å². The molecule has 2 amide bonds. The molecule has 0 aliphatic rings. The van der Waals surface area contributed by atoms with Gasteiger partial charge < -0.3 is 15.7 Å². The number of aliphatic carboxylic acids is 1. The zero-order chi connectivity index (χ0) is 15.9. The topological polar surface area (TPSA) is 78.4 Å². The highest BCUT2D eigenvalue weighted by atomic mass is 32.2. The lowest BCUT2D eigenvalue weighted by Gasteiger charge is -2.24. The number of rotatable bonds is 8. The fourth-order valence-corrected chi connectivity index (χ4v) is 3.08. The third kappa shape index (κ3) is 5.97. The smallest absolute Gasteiger partial charge is 0.326 e. The Labute approximate surface area is 133 Å². The van der Waals surface area contributed by atoms with Gasteiger partial charge in [0.2, 0.25) is 0 Å². The Balaban J connectivity index is 2.47. The summed E-state index contributed by atoms with van der Waals surface area (Å²) in [6.45, 7) is 4.54.